The van der Waals surface area contributed by atoms with E-state index in [2.05, 4.69) is 15.5 Å². The van der Waals surface area contributed by atoms with Crippen LogP contribution in [0.15, 0.2) is 30.6 Å². The Hall–Kier alpha value is -3.30. The molecule has 0 atom stereocenters. The van der Waals surface area contributed by atoms with E-state index in [4.69, 9.17) is 5.11 Å². The van der Waals surface area contributed by atoms with Crippen molar-refractivity contribution in [3.8, 4) is 5.69 Å². The minimum absolute atomic E-state index is 0.0503. The van der Waals surface area contributed by atoms with E-state index in [9.17, 15) is 14.4 Å². The third-order valence-corrected chi connectivity index (χ3v) is 4.64. The summed E-state index contributed by atoms with van der Waals surface area (Å²) in [7, 11) is 1.57. The van der Waals surface area contributed by atoms with Gasteiger partial charge in [0, 0.05) is 25.7 Å². The number of carboxylic acid groups (broad SMARTS) is 1. The molecule has 27 heavy (non-hydrogen) atoms. The number of aromatic nitrogens is 4. The summed E-state index contributed by atoms with van der Waals surface area (Å²) in [5, 5.41) is 19.9. The highest BCUT2D eigenvalue weighted by Crippen LogP contribution is 2.17. The van der Waals surface area contributed by atoms with E-state index >= 15 is 0 Å². The maximum Gasteiger partial charge on any atom is 0.306 e. The second kappa shape index (κ2) is 7.94. The molecule has 0 aliphatic carbocycles. The summed E-state index contributed by atoms with van der Waals surface area (Å²) in [4.78, 5) is 38.9. The standard InChI is InChI=1S/C17H20N6O4/c1-21(10-15(24)22-8-6-13(7-9-22)17(26)27)16(25)12-2-4-14(5-3-12)23-11-18-19-20-23/h2-5,11,13H,6-10H2,1H3,(H,26,27). The highest BCUT2D eigenvalue weighted by atomic mass is 16.4. The third kappa shape index (κ3) is 4.27. The van der Waals surface area contributed by atoms with Crippen LogP contribution in [0.3, 0.4) is 0 Å². The van der Waals surface area contributed by atoms with Crippen LogP contribution < -0.4 is 0 Å². The average molecular weight is 372 g/mol. The van der Waals surface area contributed by atoms with Gasteiger partial charge in [0.05, 0.1) is 18.2 Å². The predicted octanol–water partition coefficient (Wildman–Crippen LogP) is 0.0575. The Morgan fingerprint density at radius 1 is 1.19 bits per heavy atom. The van der Waals surface area contributed by atoms with E-state index in [1.54, 1.807) is 36.2 Å². The maximum absolute atomic E-state index is 12.5. The first-order chi connectivity index (χ1) is 13.0. The Kier molecular flexibility index (Phi) is 5.43. The van der Waals surface area contributed by atoms with Crippen molar-refractivity contribution in [2.45, 2.75) is 12.8 Å². The number of carboxylic acids is 1. The molecule has 1 aliphatic heterocycles. The Bertz CT molecular complexity index is 812. The molecule has 10 nitrogen and oxygen atoms in total. The van der Waals surface area contributed by atoms with Gasteiger partial charge in [-0.1, -0.05) is 0 Å². The lowest BCUT2D eigenvalue weighted by Gasteiger charge is -2.31. The molecular weight excluding hydrogens is 352 g/mol. The van der Waals surface area contributed by atoms with Crippen LogP contribution in [0.4, 0.5) is 0 Å². The first-order valence-electron chi connectivity index (χ1n) is 8.55. The number of carbonyl (C=O) groups excluding carboxylic acids is 2. The summed E-state index contributed by atoms with van der Waals surface area (Å²) in [6.45, 7) is 0.752. The van der Waals surface area contributed by atoms with Crippen LogP contribution in [-0.2, 0) is 9.59 Å². The SMILES string of the molecule is CN(CC(=O)N1CCC(C(=O)O)CC1)C(=O)c1ccc(-n2cnnn2)cc1. The predicted molar refractivity (Wildman–Crippen MR) is 93.1 cm³/mol. The molecule has 3 rings (SSSR count). The molecule has 1 saturated heterocycles. The summed E-state index contributed by atoms with van der Waals surface area (Å²) in [6, 6.07) is 6.74. The normalized spacial score (nSPS) is 14.8. The van der Waals surface area contributed by atoms with Gasteiger partial charge in [0.2, 0.25) is 5.91 Å². The van der Waals surface area contributed by atoms with Gasteiger partial charge in [-0.15, -0.1) is 5.10 Å². The molecule has 142 valence electrons. The fourth-order valence-corrected chi connectivity index (χ4v) is 3.01. The van der Waals surface area contributed by atoms with Gasteiger partial charge in [0.15, 0.2) is 0 Å². The lowest BCUT2D eigenvalue weighted by molar-refractivity contribution is -0.145. The molecule has 0 radical (unpaired) electrons. The molecule has 1 aromatic heterocycles. The number of benzene rings is 1. The highest BCUT2D eigenvalue weighted by Gasteiger charge is 2.28. The fraction of sp³-hybridized carbons (Fsp3) is 0.412. The van der Waals surface area contributed by atoms with Gasteiger partial charge in [-0.25, -0.2) is 4.68 Å². The second-order valence-electron chi connectivity index (χ2n) is 6.46. The maximum atomic E-state index is 12.5. The number of hydrogen-bond donors (Lipinski definition) is 1. The van der Waals surface area contributed by atoms with Crippen LogP contribution in [0.25, 0.3) is 5.69 Å². The summed E-state index contributed by atoms with van der Waals surface area (Å²) in [6.07, 6.45) is 2.34. The molecule has 2 heterocycles. The number of tetrazole rings is 1. The number of nitrogens with zero attached hydrogens (tertiary/aromatic N) is 6. The number of carbonyl (C=O) groups is 3. The zero-order chi connectivity index (χ0) is 19.4. The first-order valence-corrected chi connectivity index (χ1v) is 8.55. The van der Waals surface area contributed by atoms with Crippen molar-refractivity contribution in [1.82, 2.24) is 30.0 Å². The average Bonchev–Trinajstić information content (AvgIpc) is 3.22. The van der Waals surface area contributed by atoms with E-state index in [1.165, 1.54) is 15.9 Å². The Morgan fingerprint density at radius 2 is 1.85 bits per heavy atom. The van der Waals surface area contributed by atoms with Crippen molar-refractivity contribution < 1.29 is 19.5 Å². The third-order valence-electron chi connectivity index (χ3n) is 4.64. The minimum atomic E-state index is -0.820. The van der Waals surface area contributed by atoms with Crippen LogP contribution in [-0.4, -0.2) is 79.6 Å². The zero-order valence-electron chi connectivity index (χ0n) is 14.9. The molecule has 1 N–H and O–H groups in total. The monoisotopic (exact) mass is 372 g/mol. The van der Waals surface area contributed by atoms with Crippen LogP contribution >= 0.6 is 0 Å². The molecule has 1 aromatic carbocycles. The van der Waals surface area contributed by atoms with E-state index in [1.807, 2.05) is 0 Å². The van der Waals surface area contributed by atoms with Crippen molar-refractivity contribution in [1.29, 1.82) is 0 Å². The van der Waals surface area contributed by atoms with E-state index in [-0.39, 0.29) is 18.4 Å². The Balaban J connectivity index is 1.56. The summed E-state index contributed by atoms with van der Waals surface area (Å²) >= 11 is 0. The fourth-order valence-electron chi connectivity index (χ4n) is 3.01. The van der Waals surface area contributed by atoms with Crippen LogP contribution in [0.2, 0.25) is 0 Å². The number of hydrogen-bond acceptors (Lipinski definition) is 6. The molecule has 2 aromatic rings. The molecule has 0 saturated carbocycles. The van der Waals surface area contributed by atoms with Gasteiger partial charge >= 0.3 is 5.97 Å². The highest BCUT2D eigenvalue weighted by molar-refractivity contribution is 5.96. The van der Waals surface area contributed by atoms with Crippen molar-refractivity contribution in [3.05, 3.63) is 36.2 Å². The smallest absolute Gasteiger partial charge is 0.306 e. The summed E-state index contributed by atoms with van der Waals surface area (Å²) in [5.41, 5.74) is 1.17. The molecule has 1 fully saturated rings. The summed E-state index contributed by atoms with van der Waals surface area (Å²) < 4.78 is 1.47. The molecule has 2 amide bonds. The van der Waals surface area contributed by atoms with Gasteiger partial charge in [0.25, 0.3) is 5.91 Å². The van der Waals surface area contributed by atoms with Gasteiger partial charge in [0.1, 0.15) is 6.33 Å². The first kappa shape index (κ1) is 18.5. The van der Waals surface area contributed by atoms with Crippen LogP contribution in [0.5, 0.6) is 0 Å². The minimum Gasteiger partial charge on any atom is -0.481 e. The number of amides is 2. The molecule has 10 heteroatoms. The molecule has 0 bridgehead atoms. The quantitative estimate of drug-likeness (QED) is 0.787. The van der Waals surface area contributed by atoms with Crippen molar-refractivity contribution in [2.75, 3.05) is 26.7 Å². The molecule has 0 spiro atoms. The van der Waals surface area contributed by atoms with Crippen molar-refractivity contribution in [3.63, 3.8) is 0 Å². The molecule has 0 unspecified atom stereocenters. The van der Waals surface area contributed by atoms with Gasteiger partial charge < -0.3 is 14.9 Å². The van der Waals surface area contributed by atoms with Crippen molar-refractivity contribution >= 4 is 17.8 Å². The molecule has 1 aliphatic rings. The van der Waals surface area contributed by atoms with Gasteiger partial charge in [-0.2, -0.15) is 0 Å². The number of aliphatic carboxylic acids is 1. The number of rotatable bonds is 5. The lowest BCUT2D eigenvalue weighted by atomic mass is 9.97. The van der Waals surface area contributed by atoms with Crippen molar-refractivity contribution in [2.24, 2.45) is 5.92 Å². The van der Waals surface area contributed by atoms with E-state index < -0.39 is 11.9 Å². The summed E-state index contributed by atoms with van der Waals surface area (Å²) in [5.74, 6) is -1.67. The number of likely N-dealkylation sites (N-methyl/N-ethyl adjacent to an activating group) is 1. The number of likely N-dealkylation sites (tertiary alicyclic amines) is 1. The largest absolute Gasteiger partial charge is 0.481 e. The Labute approximate surface area is 155 Å². The van der Waals surface area contributed by atoms with Gasteiger partial charge in [-0.05, 0) is 47.5 Å². The van der Waals surface area contributed by atoms with E-state index in [0.29, 0.717) is 31.5 Å². The zero-order valence-corrected chi connectivity index (χ0v) is 14.9. The topological polar surface area (TPSA) is 122 Å². The lowest BCUT2D eigenvalue weighted by Crippen LogP contribution is -2.45. The van der Waals surface area contributed by atoms with E-state index in [0.717, 1.165) is 5.69 Å². The second-order valence-corrected chi connectivity index (χ2v) is 6.46. The van der Waals surface area contributed by atoms with Gasteiger partial charge in [-0.3, -0.25) is 14.4 Å². The van der Waals surface area contributed by atoms with Crippen LogP contribution in [0, 0.1) is 5.92 Å². The number of piperidine rings is 1. The Morgan fingerprint density at radius 3 is 2.41 bits per heavy atom. The van der Waals surface area contributed by atoms with Crippen LogP contribution in [0.1, 0.15) is 23.2 Å². The molecular formula is C17H20N6O4.